The number of carbonyl (C=O) groups excluding carboxylic acids is 1. The molecule has 3 rings (SSSR count). The smallest absolute Gasteiger partial charge is 0.264 e. The monoisotopic (exact) mass is 462 g/mol. The number of hydrogen-bond acceptors (Lipinski definition) is 5. The molecule has 0 unspecified atom stereocenters. The summed E-state index contributed by atoms with van der Waals surface area (Å²) in [7, 11) is -2.51. The van der Waals surface area contributed by atoms with Crippen molar-refractivity contribution in [3.05, 3.63) is 72.3 Å². The van der Waals surface area contributed by atoms with Gasteiger partial charge < -0.3 is 14.6 Å². The standard InChI is InChI=1S/C21H23ClN4O4S/c1-30-19-6-8-20(9-7-19)31(28,29)26(18-5-2-4-17(22)14-18)15-21(27)24-10-3-12-25-13-11-23-16-25/h2,4-9,11,13-14,16H,3,10,12,15H2,1H3,(H,24,27). The molecule has 0 spiro atoms. The van der Waals surface area contributed by atoms with E-state index in [1.807, 2.05) is 10.8 Å². The summed E-state index contributed by atoms with van der Waals surface area (Å²) in [4.78, 5) is 16.6. The maximum absolute atomic E-state index is 13.3. The van der Waals surface area contributed by atoms with Crippen LogP contribution in [-0.2, 0) is 21.4 Å². The summed E-state index contributed by atoms with van der Waals surface area (Å²) < 4.78 is 34.7. The lowest BCUT2D eigenvalue weighted by atomic mass is 10.3. The molecular formula is C21H23ClN4O4S. The molecule has 10 heteroatoms. The summed E-state index contributed by atoms with van der Waals surface area (Å²) in [5, 5.41) is 3.14. The molecule has 0 radical (unpaired) electrons. The van der Waals surface area contributed by atoms with Crippen LogP contribution in [0, 0.1) is 0 Å². The molecule has 0 atom stereocenters. The van der Waals surface area contributed by atoms with Gasteiger partial charge in [0.2, 0.25) is 5.91 Å². The third kappa shape index (κ3) is 5.99. The van der Waals surface area contributed by atoms with E-state index >= 15 is 0 Å². The molecule has 164 valence electrons. The van der Waals surface area contributed by atoms with Gasteiger partial charge in [-0.1, -0.05) is 17.7 Å². The van der Waals surface area contributed by atoms with Crippen molar-refractivity contribution in [1.82, 2.24) is 14.9 Å². The maximum Gasteiger partial charge on any atom is 0.264 e. The van der Waals surface area contributed by atoms with Gasteiger partial charge in [0.1, 0.15) is 12.3 Å². The van der Waals surface area contributed by atoms with E-state index in [0.717, 1.165) is 4.31 Å². The Morgan fingerprint density at radius 2 is 2.00 bits per heavy atom. The molecule has 0 saturated carbocycles. The largest absolute Gasteiger partial charge is 0.497 e. The van der Waals surface area contributed by atoms with Crippen LogP contribution in [0.15, 0.2) is 72.1 Å². The average molecular weight is 463 g/mol. The van der Waals surface area contributed by atoms with Crippen molar-refractivity contribution < 1.29 is 17.9 Å². The molecule has 1 heterocycles. The predicted octanol–water partition coefficient (Wildman–Crippen LogP) is 2.95. The zero-order valence-corrected chi connectivity index (χ0v) is 18.5. The second-order valence-corrected chi connectivity index (χ2v) is 8.97. The highest BCUT2D eigenvalue weighted by molar-refractivity contribution is 7.92. The van der Waals surface area contributed by atoms with E-state index in [0.29, 0.717) is 36.0 Å². The SMILES string of the molecule is COc1ccc(S(=O)(=O)N(CC(=O)NCCCn2ccnc2)c2cccc(Cl)c2)cc1. The minimum atomic E-state index is -4.01. The highest BCUT2D eigenvalue weighted by Crippen LogP contribution is 2.27. The van der Waals surface area contributed by atoms with Gasteiger partial charge in [-0.05, 0) is 48.9 Å². The van der Waals surface area contributed by atoms with Gasteiger partial charge in [0, 0.05) is 30.5 Å². The number of nitrogens with zero attached hydrogens (tertiary/aromatic N) is 3. The number of halogens is 1. The Morgan fingerprint density at radius 1 is 1.23 bits per heavy atom. The van der Waals surface area contributed by atoms with Crippen molar-refractivity contribution in [2.24, 2.45) is 0 Å². The fourth-order valence-electron chi connectivity index (χ4n) is 2.92. The number of sulfonamides is 1. The van der Waals surface area contributed by atoms with E-state index in [4.69, 9.17) is 16.3 Å². The fourth-order valence-corrected chi connectivity index (χ4v) is 4.51. The Balaban J connectivity index is 1.75. The van der Waals surface area contributed by atoms with Gasteiger partial charge in [-0.3, -0.25) is 9.10 Å². The molecule has 0 bridgehead atoms. The minimum Gasteiger partial charge on any atom is -0.497 e. The zero-order chi connectivity index (χ0) is 22.3. The third-order valence-corrected chi connectivity index (χ3v) is 6.53. The maximum atomic E-state index is 13.3. The lowest BCUT2D eigenvalue weighted by Crippen LogP contribution is -2.41. The van der Waals surface area contributed by atoms with Crippen molar-refractivity contribution in [3.8, 4) is 5.75 Å². The van der Waals surface area contributed by atoms with Crippen LogP contribution in [0.4, 0.5) is 5.69 Å². The van der Waals surface area contributed by atoms with Crippen LogP contribution in [0.3, 0.4) is 0 Å². The first kappa shape index (κ1) is 22.6. The van der Waals surface area contributed by atoms with Crippen molar-refractivity contribution >= 4 is 33.2 Å². The number of benzene rings is 2. The molecular weight excluding hydrogens is 440 g/mol. The Morgan fingerprint density at radius 3 is 2.65 bits per heavy atom. The molecule has 8 nitrogen and oxygen atoms in total. The van der Waals surface area contributed by atoms with Crippen LogP contribution in [0.25, 0.3) is 0 Å². The van der Waals surface area contributed by atoms with Crippen LogP contribution >= 0.6 is 11.6 Å². The van der Waals surface area contributed by atoms with E-state index in [-0.39, 0.29) is 11.4 Å². The Kier molecular flexibility index (Phi) is 7.54. The number of imidazole rings is 1. The molecule has 0 fully saturated rings. The molecule has 1 N–H and O–H groups in total. The Labute approximate surface area is 186 Å². The summed E-state index contributed by atoms with van der Waals surface area (Å²) in [6.07, 6.45) is 5.91. The van der Waals surface area contributed by atoms with Gasteiger partial charge in [0.05, 0.1) is 24.0 Å². The van der Waals surface area contributed by atoms with Crippen molar-refractivity contribution in [1.29, 1.82) is 0 Å². The summed E-state index contributed by atoms with van der Waals surface area (Å²) in [6.45, 7) is 0.727. The molecule has 0 aliphatic rings. The summed E-state index contributed by atoms with van der Waals surface area (Å²) >= 11 is 6.07. The van der Waals surface area contributed by atoms with Crippen LogP contribution in [0.2, 0.25) is 5.02 Å². The normalized spacial score (nSPS) is 11.2. The number of nitrogens with one attached hydrogen (secondary N) is 1. The van der Waals surface area contributed by atoms with Crippen LogP contribution in [-0.4, -0.2) is 44.1 Å². The predicted molar refractivity (Wildman–Crippen MR) is 119 cm³/mol. The van der Waals surface area contributed by atoms with Gasteiger partial charge in [-0.25, -0.2) is 13.4 Å². The van der Waals surface area contributed by atoms with E-state index in [9.17, 15) is 13.2 Å². The highest BCUT2D eigenvalue weighted by atomic mass is 35.5. The number of anilines is 1. The molecule has 0 aliphatic heterocycles. The topological polar surface area (TPSA) is 93.5 Å². The molecule has 3 aromatic rings. The van der Waals surface area contributed by atoms with Crippen LogP contribution < -0.4 is 14.4 Å². The van der Waals surface area contributed by atoms with Crippen molar-refractivity contribution in [2.75, 3.05) is 24.5 Å². The molecule has 2 aromatic carbocycles. The lowest BCUT2D eigenvalue weighted by molar-refractivity contribution is -0.119. The minimum absolute atomic E-state index is 0.0428. The molecule has 0 saturated heterocycles. The quantitative estimate of drug-likeness (QED) is 0.467. The number of aromatic nitrogens is 2. The lowest BCUT2D eigenvalue weighted by Gasteiger charge is -2.24. The summed E-state index contributed by atoms with van der Waals surface area (Å²) in [6, 6.07) is 12.4. The van der Waals surface area contributed by atoms with E-state index in [1.54, 1.807) is 42.9 Å². The number of rotatable bonds is 10. The van der Waals surface area contributed by atoms with Gasteiger partial charge in [0.25, 0.3) is 10.0 Å². The number of aryl methyl sites for hydroxylation is 1. The molecule has 0 aliphatic carbocycles. The average Bonchev–Trinajstić information content (AvgIpc) is 3.28. The number of amides is 1. The van der Waals surface area contributed by atoms with E-state index in [1.165, 1.54) is 25.3 Å². The second kappa shape index (κ2) is 10.3. The fraction of sp³-hybridized carbons (Fsp3) is 0.238. The number of methoxy groups -OCH3 is 1. The first-order valence-electron chi connectivity index (χ1n) is 9.55. The van der Waals surface area contributed by atoms with Gasteiger partial charge >= 0.3 is 0 Å². The van der Waals surface area contributed by atoms with Crippen LogP contribution in [0.5, 0.6) is 5.75 Å². The summed E-state index contributed by atoms with van der Waals surface area (Å²) in [5.74, 6) is 0.117. The van der Waals surface area contributed by atoms with Crippen molar-refractivity contribution in [3.63, 3.8) is 0 Å². The molecule has 1 amide bonds. The summed E-state index contributed by atoms with van der Waals surface area (Å²) in [5.41, 5.74) is 0.303. The van der Waals surface area contributed by atoms with Crippen LogP contribution in [0.1, 0.15) is 6.42 Å². The number of hydrogen-bond donors (Lipinski definition) is 1. The van der Waals surface area contributed by atoms with Gasteiger partial charge in [-0.15, -0.1) is 0 Å². The molecule has 31 heavy (non-hydrogen) atoms. The highest BCUT2D eigenvalue weighted by Gasteiger charge is 2.27. The zero-order valence-electron chi connectivity index (χ0n) is 16.9. The Bertz CT molecular complexity index is 1100. The molecule has 1 aromatic heterocycles. The first-order valence-corrected chi connectivity index (χ1v) is 11.4. The number of carbonyl (C=O) groups is 1. The first-order chi connectivity index (χ1) is 14.9. The Hall–Kier alpha value is -3.04. The van der Waals surface area contributed by atoms with E-state index in [2.05, 4.69) is 10.3 Å². The van der Waals surface area contributed by atoms with E-state index < -0.39 is 15.9 Å². The van der Waals surface area contributed by atoms with Gasteiger partial charge in [0.15, 0.2) is 0 Å². The third-order valence-electron chi connectivity index (χ3n) is 4.51. The number of ether oxygens (including phenoxy) is 1. The van der Waals surface area contributed by atoms with Gasteiger partial charge in [-0.2, -0.15) is 0 Å². The van der Waals surface area contributed by atoms with Crippen molar-refractivity contribution in [2.45, 2.75) is 17.9 Å². The second-order valence-electron chi connectivity index (χ2n) is 6.67.